The first-order valence-corrected chi connectivity index (χ1v) is 8.03. The van der Waals surface area contributed by atoms with Gasteiger partial charge in [-0.15, -0.1) is 0 Å². The fourth-order valence-electron chi connectivity index (χ4n) is 2.93. The van der Waals surface area contributed by atoms with Crippen molar-refractivity contribution in [3.8, 4) is 5.88 Å². The number of benzene rings is 1. The van der Waals surface area contributed by atoms with Gasteiger partial charge in [0.05, 0.1) is 11.6 Å². The molecule has 1 N–H and O–H groups in total. The van der Waals surface area contributed by atoms with E-state index in [0.29, 0.717) is 23.4 Å². The van der Waals surface area contributed by atoms with Crippen LogP contribution in [0.5, 0.6) is 5.88 Å². The summed E-state index contributed by atoms with van der Waals surface area (Å²) >= 11 is 11.8. The van der Waals surface area contributed by atoms with Gasteiger partial charge in [0.15, 0.2) is 0 Å². The minimum Gasteiger partial charge on any atom is -0.477 e. The molecule has 0 spiro atoms. The molecule has 1 aliphatic heterocycles. The molecule has 2 atom stereocenters. The quantitative estimate of drug-likeness (QED) is 0.910. The molecule has 3 rings (SSSR count). The molecule has 22 heavy (non-hydrogen) atoms. The average molecular weight is 337 g/mol. The van der Waals surface area contributed by atoms with Gasteiger partial charge in [-0.05, 0) is 23.8 Å². The molecule has 3 nitrogen and oxygen atoms in total. The largest absolute Gasteiger partial charge is 0.477 e. The van der Waals surface area contributed by atoms with E-state index in [1.165, 1.54) is 5.56 Å². The molecule has 0 saturated carbocycles. The number of rotatable bonds is 4. The van der Waals surface area contributed by atoms with E-state index in [1.807, 2.05) is 12.1 Å². The Bertz CT molecular complexity index is 630. The van der Waals surface area contributed by atoms with Gasteiger partial charge in [-0.3, -0.25) is 0 Å². The lowest BCUT2D eigenvalue weighted by Crippen LogP contribution is -2.32. The zero-order valence-electron chi connectivity index (χ0n) is 12.4. The summed E-state index contributed by atoms with van der Waals surface area (Å²) < 4.78 is 5.89. The Hall–Kier alpha value is -1.29. The predicted octanol–water partition coefficient (Wildman–Crippen LogP) is 4.16. The number of hydrogen-bond acceptors (Lipinski definition) is 3. The van der Waals surface area contributed by atoms with Crippen LogP contribution in [0.3, 0.4) is 0 Å². The van der Waals surface area contributed by atoms with E-state index in [1.54, 1.807) is 18.3 Å². The Labute approximate surface area is 140 Å². The minimum atomic E-state index is 0.00907. The van der Waals surface area contributed by atoms with Gasteiger partial charge in [-0.1, -0.05) is 42.3 Å². The summed E-state index contributed by atoms with van der Waals surface area (Å²) in [6, 6.07) is 11.7. The molecular weight excluding hydrogens is 319 g/mol. The Balaban J connectivity index is 1.72. The summed E-state index contributed by atoms with van der Waals surface area (Å²) in [4.78, 5) is 4.19. The molecule has 1 aliphatic rings. The highest BCUT2D eigenvalue weighted by molar-refractivity contribution is 6.30. The number of halogens is 2. The van der Waals surface area contributed by atoms with E-state index in [4.69, 9.17) is 27.9 Å². The van der Waals surface area contributed by atoms with Gasteiger partial charge in [0.2, 0.25) is 5.88 Å². The minimum absolute atomic E-state index is 0.00907. The highest BCUT2D eigenvalue weighted by atomic mass is 35.5. The monoisotopic (exact) mass is 336 g/mol. The SMILES string of the molecule is C[C@@]1(COc2ccc(Cl)cn2)CNC[C@H]1c1ccc(Cl)cc1. The number of pyridine rings is 1. The van der Waals surface area contributed by atoms with E-state index >= 15 is 0 Å². The number of hydrogen-bond donors (Lipinski definition) is 1. The van der Waals surface area contributed by atoms with Gasteiger partial charge < -0.3 is 10.1 Å². The maximum absolute atomic E-state index is 5.98. The highest BCUT2D eigenvalue weighted by Crippen LogP contribution is 2.39. The number of aromatic nitrogens is 1. The van der Waals surface area contributed by atoms with Crippen LogP contribution in [0.2, 0.25) is 10.0 Å². The molecule has 0 amide bonds. The molecular formula is C17H18Cl2N2O. The third kappa shape index (κ3) is 3.37. The molecule has 0 aliphatic carbocycles. The van der Waals surface area contributed by atoms with Crippen molar-refractivity contribution in [2.24, 2.45) is 5.41 Å². The van der Waals surface area contributed by atoms with Crippen molar-refractivity contribution in [3.63, 3.8) is 0 Å². The second kappa shape index (κ2) is 6.45. The predicted molar refractivity (Wildman–Crippen MR) is 89.9 cm³/mol. The molecule has 116 valence electrons. The molecule has 1 fully saturated rings. The van der Waals surface area contributed by atoms with Gasteiger partial charge in [0.1, 0.15) is 0 Å². The van der Waals surface area contributed by atoms with E-state index in [9.17, 15) is 0 Å². The Kier molecular flexibility index (Phi) is 4.57. The zero-order chi connectivity index (χ0) is 15.6. The second-order valence-electron chi connectivity index (χ2n) is 5.99. The maximum Gasteiger partial charge on any atom is 0.213 e. The first kappa shape index (κ1) is 15.6. The van der Waals surface area contributed by atoms with Gasteiger partial charge in [0.25, 0.3) is 0 Å². The second-order valence-corrected chi connectivity index (χ2v) is 6.87. The van der Waals surface area contributed by atoms with Crippen LogP contribution in [0.15, 0.2) is 42.6 Å². The smallest absolute Gasteiger partial charge is 0.213 e. The zero-order valence-corrected chi connectivity index (χ0v) is 13.9. The topological polar surface area (TPSA) is 34.1 Å². The van der Waals surface area contributed by atoms with Gasteiger partial charge >= 0.3 is 0 Å². The molecule has 1 saturated heterocycles. The maximum atomic E-state index is 5.98. The van der Waals surface area contributed by atoms with Crippen LogP contribution < -0.4 is 10.1 Å². The fraction of sp³-hybridized carbons (Fsp3) is 0.353. The lowest BCUT2D eigenvalue weighted by Gasteiger charge is -2.30. The highest BCUT2D eigenvalue weighted by Gasteiger charge is 2.40. The van der Waals surface area contributed by atoms with Crippen LogP contribution in [0.4, 0.5) is 0 Å². The third-order valence-corrected chi connectivity index (χ3v) is 4.72. The van der Waals surface area contributed by atoms with Gasteiger partial charge in [-0.2, -0.15) is 0 Å². The van der Waals surface area contributed by atoms with Crippen LogP contribution in [0.25, 0.3) is 0 Å². The average Bonchev–Trinajstić information content (AvgIpc) is 2.90. The molecule has 1 aromatic carbocycles. The molecule has 0 radical (unpaired) electrons. The molecule has 2 heterocycles. The van der Waals surface area contributed by atoms with Crippen LogP contribution in [0.1, 0.15) is 18.4 Å². The molecule has 2 aromatic rings. The fourth-order valence-corrected chi connectivity index (χ4v) is 3.16. The summed E-state index contributed by atoms with van der Waals surface area (Å²) in [5, 5.41) is 4.84. The number of ether oxygens (including phenoxy) is 1. The van der Waals surface area contributed by atoms with Crippen LogP contribution in [-0.4, -0.2) is 24.7 Å². The van der Waals surface area contributed by atoms with Crippen LogP contribution in [-0.2, 0) is 0 Å². The van der Waals surface area contributed by atoms with E-state index in [0.717, 1.165) is 18.1 Å². The Morgan fingerprint density at radius 3 is 2.59 bits per heavy atom. The van der Waals surface area contributed by atoms with Crippen molar-refractivity contribution in [1.29, 1.82) is 0 Å². The Morgan fingerprint density at radius 2 is 1.91 bits per heavy atom. The summed E-state index contributed by atoms with van der Waals surface area (Å²) in [5.41, 5.74) is 1.29. The summed E-state index contributed by atoms with van der Waals surface area (Å²) in [7, 11) is 0. The van der Waals surface area contributed by atoms with Crippen LogP contribution in [0, 0.1) is 5.41 Å². The first-order valence-electron chi connectivity index (χ1n) is 7.27. The van der Waals surface area contributed by atoms with Gasteiger partial charge in [-0.25, -0.2) is 4.98 Å². The summed E-state index contributed by atoms with van der Waals surface area (Å²) in [5.74, 6) is 0.990. The number of nitrogens with zero attached hydrogens (tertiary/aromatic N) is 1. The lowest BCUT2D eigenvalue weighted by atomic mass is 9.77. The number of nitrogens with one attached hydrogen (secondary N) is 1. The van der Waals surface area contributed by atoms with Crippen molar-refractivity contribution >= 4 is 23.2 Å². The van der Waals surface area contributed by atoms with Crippen molar-refractivity contribution < 1.29 is 4.74 Å². The van der Waals surface area contributed by atoms with E-state index in [2.05, 4.69) is 29.4 Å². The molecule has 5 heteroatoms. The van der Waals surface area contributed by atoms with E-state index < -0.39 is 0 Å². The van der Waals surface area contributed by atoms with Crippen molar-refractivity contribution in [3.05, 3.63) is 58.2 Å². The van der Waals surface area contributed by atoms with Gasteiger partial charge in [0, 0.05) is 41.7 Å². The third-order valence-electron chi connectivity index (χ3n) is 4.24. The van der Waals surface area contributed by atoms with E-state index in [-0.39, 0.29) is 5.41 Å². The summed E-state index contributed by atoms with van der Waals surface area (Å²) in [6.07, 6.45) is 1.60. The molecule has 1 aromatic heterocycles. The van der Waals surface area contributed by atoms with Crippen molar-refractivity contribution in [2.45, 2.75) is 12.8 Å². The van der Waals surface area contributed by atoms with Crippen LogP contribution >= 0.6 is 23.2 Å². The summed E-state index contributed by atoms with van der Waals surface area (Å²) in [6.45, 7) is 4.69. The van der Waals surface area contributed by atoms with Crippen molar-refractivity contribution in [2.75, 3.05) is 19.7 Å². The lowest BCUT2D eigenvalue weighted by molar-refractivity contribution is 0.158. The standard InChI is InChI=1S/C17H18Cl2N2O/c1-17(11-22-16-7-6-14(19)8-21-16)10-20-9-15(17)12-2-4-13(18)5-3-12/h2-8,15,20H,9-11H2,1H3/t15-,17-/m0/s1. The normalized spacial score (nSPS) is 24.4. The van der Waals surface area contributed by atoms with Crippen molar-refractivity contribution in [1.82, 2.24) is 10.3 Å². The molecule has 0 bridgehead atoms. The molecule has 0 unspecified atom stereocenters. The Morgan fingerprint density at radius 1 is 1.18 bits per heavy atom. The first-order chi connectivity index (χ1) is 10.6.